The van der Waals surface area contributed by atoms with Gasteiger partial charge in [0.15, 0.2) is 5.13 Å². The van der Waals surface area contributed by atoms with Crippen LogP contribution in [-0.4, -0.2) is 16.9 Å². The van der Waals surface area contributed by atoms with Gasteiger partial charge in [0.05, 0.1) is 5.69 Å². The first-order chi connectivity index (χ1) is 10.5. The number of thiazole rings is 1. The largest absolute Gasteiger partial charge is 0.349 e. The van der Waals surface area contributed by atoms with Gasteiger partial charge < -0.3 is 10.6 Å². The predicted octanol–water partition coefficient (Wildman–Crippen LogP) is 4.25. The Labute approximate surface area is 133 Å². The number of carbonyl (C=O) groups excluding carboxylic acids is 1. The first kappa shape index (κ1) is 16.4. The third kappa shape index (κ3) is 4.27. The highest BCUT2D eigenvalue weighted by molar-refractivity contribution is 7.17. The van der Waals surface area contributed by atoms with Crippen molar-refractivity contribution in [1.29, 1.82) is 0 Å². The first-order valence-corrected chi connectivity index (χ1v) is 8.12. The van der Waals surface area contributed by atoms with E-state index >= 15 is 0 Å². The van der Waals surface area contributed by atoms with E-state index in [0.717, 1.165) is 18.5 Å². The van der Waals surface area contributed by atoms with Crippen molar-refractivity contribution in [1.82, 2.24) is 10.3 Å². The Morgan fingerprint density at radius 1 is 1.36 bits per heavy atom. The molecule has 6 heteroatoms. The number of amides is 1. The summed E-state index contributed by atoms with van der Waals surface area (Å²) < 4.78 is 12.9. The van der Waals surface area contributed by atoms with E-state index in [1.807, 2.05) is 13.8 Å². The van der Waals surface area contributed by atoms with Gasteiger partial charge in [0.25, 0.3) is 5.91 Å². The molecular formula is C16H20FN3OS. The smallest absolute Gasteiger partial charge is 0.263 e. The minimum Gasteiger partial charge on any atom is -0.349 e. The summed E-state index contributed by atoms with van der Waals surface area (Å²) in [5.74, 6) is -0.381. The minimum atomic E-state index is -0.286. The van der Waals surface area contributed by atoms with Gasteiger partial charge in [-0.15, -0.1) is 0 Å². The van der Waals surface area contributed by atoms with Gasteiger partial charge in [0.1, 0.15) is 10.7 Å². The highest BCUT2D eigenvalue weighted by atomic mass is 32.1. The number of anilines is 2. The van der Waals surface area contributed by atoms with Crippen molar-refractivity contribution in [3.05, 3.63) is 40.7 Å². The first-order valence-electron chi connectivity index (χ1n) is 7.30. The van der Waals surface area contributed by atoms with Crippen molar-refractivity contribution in [2.75, 3.05) is 5.32 Å². The Hall–Kier alpha value is -1.95. The molecule has 0 aliphatic heterocycles. The van der Waals surface area contributed by atoms with Crippen LogP contribution in [0, 0.1) is 12.7 Å². The van der Waals surface area contributed by atoms with E-state index in [9.17, 15) is 9.18 Å². The van der Waals surface area contributed by atoms with Crippen LogP contribution < -0.4 is 10.6 Å². The van der Waals surface area contributed by atoms with Crippen molar-refractivity contribution >= 4 is 28.1 Å². The second kappa shape index (κ2) is 7.35. The number of halogens is 1. The number of rotatable bonds is 6. The minimum absolute atomic E-state index is 0.0943. The lowest BCUT2D eigenvalue weighted by molar-refractivity contribution is 0.0941. The molecule has 0 fully saturated rings. The van der Waals surface area contributed by atoms with Crippen LogP contribution in [0.2, 0.25) is 0 Å². The summed E-state index contributed by atoms with van der Waals surface area (Å²) in [6, 6.07) is 6.17. The van der Waals surface area contributed by atoms with Gasteiger partial charge in [-0.3, -0.25) is 4.79 Å². The van der Waals surface area contributed by atoms with Crippen molar-refractivity contribution in [3.63, 3.8) is 0 Å². The average molecular weight is 321 g/mol. The topological polar surface area (TPSA) is 54.0 Å². The van der Waals surface area contributed by atoms with Gasteiger partial charge in [0.2, 0.25) is 0 Å². The van der Waals surface area contributed by atoms with Gasteiger partial charge in [-0.05, 0) is 44.5 Å². The molecule has 1 aromatic carbocycles. The Morgan fingerprint density at radius 3 is 2.68 bits per heavy atom. The predicted molar refractivity (Wildman–Crippen MR) is 88.4 cm³/mol. The summed E-state index contributed by atoms with van der Waals surface area (Å²) in [6.07, 6.45) is 1.98. The Kier molecular flexibility index (Phi) is 5.49. The number of nitrogens with zero attached hydrogens (tertiary/aromatic N) is 1. The Morgan fingerprint density at radius 2 is 2.05 bits per heavy atom. The molecule has 118 valence electrons. The molecule has 2 aromatic rings. The van der Waals surface area contributed by atoms with E-state index < -0.39 is 0 Å². The van der Waals surface area contributed by atoms with Crippen LogP contribution in [0.4, 0.5) is 15.2 Å². The lowest BCUT2D eigenvalue weighted by Gasteiger charge is -2.11. The number of aryl methyl sites for hydroxylation is 1. The molecule has 1 atom stereocenters. The van der Waals surface area contributed by atoms with Crippen molar-refractivity contribution in [2.45, 2.75) is 39.7 Å². The van der Waals surface area contributed by atoms with Gasteiger partial charge in [-0.1, -0.05) is 24.7 Å². The van der Waals surface area contributed by atoms with Gasteiger partial charge >= 0.3 is 0 Å². The summed E-state index contributed by atoms with van der Waals surface area (Å²) in [5, 5.41) is 6.69. The van der Waals surface area contributed by atoms with Crippen LogP contribution in [0.3, 0.4) is 0 Å². The number of carbonyl (C=O) groups is 1. The molecule has 0 radical (unpaired) electrons. The molecule has 2 rings (SSSR count). The molecule has 0 saturated heterocycles. The maximum Gasteiger partial charge on any atom is 0.263 e. The van der Waals surface area contributed by atoms with Crippen LogP contribution in [0.25, 0.3) is 0 Å². The van der Waals surface area contributed by atoms with Crippen LogP contribution in [0.1, 0.15) is 42.1 Å². The fourth-order valence-electron chi connectivity index (χ4n) is 2.11. The highest BCUT2D eigenvalue weighted by Gasteiger charge is 2.17. The molecule has 0 aliphatic carbocycles. The van der Waals surface area contributed by atoms with E-state index in [0.29, 0.717) is 15.7 Å². The zero-order chi connectivity index (χ0) is 16.1. The van der Waals surface area contributed by atoms with Crippen LogP contribution >= 0.6 is 11.3 Å². The molecule has 0 spiro atoms. The SMILES string of the molecule is CCC[C@@H](C)NC(=O)c1sc(Nc2ccc(F)cc2)nc1C. The zero-order valence-electron chi connectivity index (χ0n) is 12.9. The van der Waals surface area contributed by atoms with E-state index in [-0.39, 0.29) is 17.8 Å². The lowest BCUT2D eigenvalue weighted by atomic mass is 10.2. The maximum absolute atomic E-state index is 12.9. The van der Waals surface area contributed by atoms with E-state index in [4.69, 9.17) is 0 Å². The van der Waals surface area contributed by atoms with Crippen LogP contribution in [0.15, 0.2) is 24.3 Å². The van der Waals surface area contributed by atoms with E-state index in [1.54, 1.807) is 12.1 Å². The molecule has 4 nitrogen and oxygen atoms in total. The van der Waals surface area contributed by atoms with Crippen molar-refractivity contribution in [3.8, 4) is 0 Å². The molecule has 22 heavy (non-hydrogen) atoms. The Bertz CT molecular complexity index is 639. The molecule has 1 heterocycles. The van der Waals surface area contributed by atoms with Crippen LogP contribution in [-0.2, 0) is 0 Å². The second-order valence-electron chi connectivity index (χ2n) is 5.23. The quantitative estimate of drug-likeness (QED) is 0.836. The van der Waals surface area contributed by atoms with E-state index in [1.165, 1.54) is 23.5 Å². The fourth-order valence-corrected chi connectivity index (χ4v) is 3.00. The number of benzene rings is 1. The summed E-state index contributed by atoms with van der Waals surface area (Å²) >= 11 is 1.30. The summed E-state index contributed by atoms with van der Waals surface area (Å²) in [7, 11) is 0. The third-order valence-corrected chi connectivity index (χ3v) is 4.27. The molecule has 1 amide bonds. The normalized spacial score (nSPS) is 12.0. The number of hydrogen-bond donors (Lipinski definition) is 2. The number of nitrogens with one attached hydrogen (secondary N) is 2. The Balaban J connectivity index is 2.07. The fraction of sp³-hybridized carbons (Fsp3) is 0.375. The highest BCUT2D eigenvalue weighted by Crippen LogP contribution is 2.26. The summed E-state index contributed by atoms with van der Waals surface area (Å²) in [5.41, 5.74) is 1.43. The second-order valence-corrected chi connectivity index (χ2v) is 6.23. The van der Waals surface area contributed by atoms with Gasteiger partial charge in [0, 0.05) is 11.7 Å². The average Bonchev–Trinajstić information content (AvgIpc) is 2.82. The maximum atomic E-state index is 12.9. The number of hydrogen-bond acceptors (Lipinski definition) is 4. The lowest BCUT2D eigenvalue weighted by Crippen LogP contribution is -2.32. The van der Waals surface area contributed by atoms with Gasteiger partial charge in [-0.2, -0.15) is 0 Å². The summed E-state index contributed by atoms with van der Waals surface area (Å²) in [6.45, 7) is 5.90. The molecule has 1 aromatic heterocycles. The van der Waals surface area contributed by atoms with E-state index in [2.05, 4.69) is 22.5 Å². The molecular weight excluding hydrogens is 301 g/mol. The molecule has 0 saturated carbocycles. The standard InChI is InChI=1S/C16H20FN3OS/c1-4-5-10(2)18-15(21)14-11(3)19-16(22-14)20-13-8-6-12(17)7-9-13/h6-10H,4-5H2,1-3H3,(H,18,21)(H,19,20)/t10-/m1/s1. The molecule has 0 unspecified atom stereocenters. The summed E-state index contributed by atoms with van der Waals surface area (Å²) in [4.78, 5) is 17.2. The van der Waals surface area contributed by atoms with Crippen LogP contribution in [0.5, 0.6) is 0 Å². The zero-order valence-corrected chi connectivity index (χ0v) is 13.8. The molecule has 0 aliphatic rings. The van der Waals surface area contributed by atoms with Crippen molar-refractivity contribution < 1.29 is 9.18 Å². The molecule has 0 bridgehead atoms. The monoisotopic (exact) mass is 321 g/mol. The third-order valence-electron chi connectivity index (χ3n) is 3.20. The molecule has 2 N–H and O–H groups in total. The van der Waals surface area contributed by atoms with Gasteiger partial charge in [-0.25, -0.2) is 9.37 Å². The number of aromatic nitrogens is 1. The van der Waals surface area contributed by atoms with Crippen molar-refractivity contribution in [2.24, 2.45) is 0 Å².